The van der Waals surface area contributed by atoms with Crippen LogP contribution in [0.15, 0.2) is 0 Å². The van der Waals surface area contributed by atoms with E-state index in [2.05, 4.69) is 26.1 Å². The predicted octanol–water partition coefficient (Wildman–Crippen LogP) is 1.78. The third kappa shape index (κ3) is 7.20. The third-order valence-corrected chi connectivity index (χ3v) is 3.06. The Morgan fingerprint density at radius 1 is 1.06 bits per heavy atom. The fraction of sp³-hybridized carbons (Fsp3) is 1.00. The van der Waals surface area contributed by atoms with Gasteiger partial charge in [-0.15, -0.1) is 0 Å². The molecule has 0 amide bonds. The lowest BCUT2D eigenvalue weighted by atomic mass is 9.92. The Labute approximate surface area is 100 Å². The number of hydrogen-bond acceptors (Lipinski definition) is 3. The van der Waals surface area contributed by atoms with Gasteiger partial charge in [0, 0.05) is 18.0 Å². The number of aliphatic hydroxyl groups excluding tert-OH is 2. The normalized spacial score (nSPS) is 14.4. The van der Waals surface area contributed by atoms with Gasteiger partial charge in [-0.2, -0.15) is 0 Å². The molecule has 3 N–H and O–H groups in total. The summed E-state index contributed by atoms with van der Waals surface area (Å²) in [6.45, 7) is 9.25. The van der Waals surface area contributed by atoms with Gasteiger partial charge in [0.15, 0.2) is 0 Å². The van der Waals surface area contributed by atoms with Gasteiger partial charge in [0.05, 0.1) is 13.2 Å². The van der Waals surface area contributed by atoms with Crippen molar-refractivity contribution in [2.24, 2.45) is 11.3 Å². The molecule has 0 aliphatic carbocycles. The van der Waals surface area contributed by atoms with Crippen LogP contribution in [0.5, 0.6) is 0 Å². The highest BCUT2D eigenvalue weighted by molar-refractivity contribution is 4.76. The fourth-order valence-corrected chi connectivity index (χ4v) is 1.52. The van der Waals surface area contributed by atoms with Gasteiger partial charge in [0.2, 0.25) is 0 Å². The van der Waals surface area contributed by atoms with Crippen LogP contribution in [0.4, 0.5) is 0 Å². The number of rotatable bonds is 9. The van der Waals surface area contributed by atoms with Crippen molar-refractivity contribution < 1.29 is 10.2 Å². The Morgan fingerprint density at radius 3 is 2.06 bits per heavy atom. The molecule has 0 bridgehead atoms. The maximum atomic E-state index is 9.15. The first kappa shape index (κ1) is 15.9. The summed E-state index contributed by atoms with van der Waals surface area (Å²) >= 11 is 0. The van der Waals surface area contributed by atoms with Crippen molar-refractivity contribution >= 4 is 0 Å². The van der Waals surface area contributed by atoms with E-state index in [0.29, 0.717) is 12.6 Å². The molecule has 3 heteroatoms. The molecule has 1 unspecified atom stereocenters. The molecule has 0 saturated carbocycles. The highest BCUT2D eigenvalue weighted by Crippen LogP contribution is 2.14. The summed E-state index contributed by atoms with van der Waals surface area (Å²) in [7, 11) is 0. The van der Waals surface area contributed by atoms with Crippen molar-refractivity contribution in [2.75, 3.05) is 19.8 Å². The van der Waals surface area contributed by atoms with Crippen LogP contribution in [0.25, 0.3) is 0 Å². The first-order valence-corrected chi connectivity index (χ1v) is 6.38. The average molecular weight is 231 g/mol. The summed E-state index contributed by atoms with van der Waals surface area (Å²) in [5.74, 6) is 0.771. The minimum atomic E-state index is -0.397. The van der Waals surface area contributed by atoms with Crippen LogP contribution < -0.4 is 5.32 Å². The molecule has 3 nitrogen and oxygen atoms in total. The lowest BCUT2D eigenvalue weighted by Gasteiger charge is -2.27. The van der Waals surface area contributed by atoms with Crippen molar-refractivity contribution in [1.82, 2.24) is 5.32 Å². The minimum Gasteiger partial charge on any atom is -0.396 e. The highest BCUT2D eigenvalue weighted by Gasteiger charge is 2.22. The molecule has 0 aromatic rings. The van der Waals surface area contributed by atoms with Gasteiger partial charge in [-0.05, 0) is 19.3 Å². The van der Waals surface area contributed by atoms with E-state index in [1.165, 1.54) is 12.8 Å². The second-order valence-electron chi connectivity index (χ2n) is 5.73. The standard InChI is InChI=1S/C13H29NO2/c1-11(2)6-5-7-12(3)14-8-13(4,9-15)10-16/h11-12,14-16H,5-10H2,1-4H3. The van der Waals surface area contributed by atoms with Crippen LogP contribution in [0.3, 0.4) is 0 Å². The first-order chi connectivity index (χ1) is 7.43. The van der Waals surface area contributed by atoms with E-state index in [-0.39, 0.29) is 13.2 Å². The molecule has 0 radical (unpaired) electrons. The van der Waals surface area contributed by atoms with Crippen LogP contribution in [-0.2, 0) is 0 Å². The van der Waals surface area contributed by atoms with Crippen molar-refractivity contribution in [3.63, 3.8) is 0 Å². The van der Waals surface area contributed by atoms with Crippen LogP contribution in [0.1, 0.15) is 47.0 Å². The molecule has 0 spiro atoms. The van der Waals surface area contributed by atoms with E-state index in [1.807, 2.05) is 6.92 Å². The number of hydrogen-bond donors (Lipinski definition) is 3. The summed E-state index contributed by atoms with van der Waals surface area (Å²) in [6, 6.07) is 0.455. The third-order valence-electron chi connectivity index (χ3n) is 3.06. The van der Waals surface area contributed by atoms with E-state index in [4.69, 9.17) is 10.2 Å². The molecule has 16 heavy (non-hydrogen) atoms. The lowest BCUT2D eigenvalue weighted by molar-refractivity contribution is 0.0674. The topological polar surface area (TPSA) is 52.5 Å². The van der Waals surface area contributed by atoms with E-state index in [9.17, 15) is 0 Å². The smallest absolute Gasteiger partial charge is 0.0518 e. The SMILES string of the molecule is CC(C)CCCC(C)NCC(C)(CO)CO. The number of nitrogens with one attached hydrogen (secondary N) is 1. The van der Waals surface area contributed by atoms with Crippen LogP contribution in [0, 0.1) is 11.3 Å². The summed E-state index contributed by atoms with van der Waals surface area (Å²) in [6.07, 6.45) is 3.66. The zero-order valence-corrected chi connectivity index (χ0v) is 11.3. The van der Waals surface area contributed by atoms with Gasteiger partial charge in [-0.3, -0.25) is 0 Å². The van der Waals surface area contributed by atoms with Crippen molar-refractivity contribution in [1.29, 1.82) is 0 Å². The molecule has 0 fully saturated rings. The largest absolute Gasteiger partial charge is 0.396 e. The molecule has 0 heterocycles. The molecular formula is C13H29NO2. The average Bonchev–Trinajstić information content (AvgIpc) is 2.25. The van der Waals surface area contributed by atoms with Gasteiger partial charge in [-0.1, -0.05) is 33.6 Å². The Kier molecular flexibility index (Phi) is 7.98. The molecule has 1 atom stereocenters. The van der Waals surface area contributed by atoms with Gasteiger partial charge < -0.3 is 15.5 Å². The van der Waals surface area contributed by atoms with E-state index >= 15 is 0 Å². The quantitative estimate of drug-likeness (QED) is 0.567. The molecule has 0 aliphatic heterocycles. The molecule has 0 aliphatic rings. The van der Waals surface area contributed by atoms with Crippen LogP contribution in [0.2, 0.25) is 0 Å². The summed E-state index contributed by atoms with van der Waals surface area (Å²) in [4.78, 5) is 0. The Hall–Kier alpha value is -0.120. The van der Waals surface area contributed by atoms with Crippen molar-refractivity contribution in [3.8, 4) is 0 Å². The molecule has 0 saturated heterocycles. The predicted molar refractivity (Wildman–Crippen MR) is 68.4 cm³/mol. The second-order valence-corrected chi connectivity index (χ2v) is 5.73. The number of aliphatic hydroxyl groups is 2. The van der Waals surface area contributed by atoms with Gasteiger partial charge >= 0.3 is 0 Å². The second kappa shape index (κ2) is 8.04. The van der Waals surface area contributed by atoms with Crippen LogP contribution >= 0.6 is 0 Å². The summed E-state index contributed by atoms with van der Waals surface area (Å²) < 4.78 is 0. The van der Waals surface area contributed by atoms with E-state index in [0.717, 1.165) is 12.3 Å². The Bertz CT molecular complexity index is 167. The highest BCUT2D eigenvalue weighted by atomic mass is 16.3. The molecule has 0 aromatic heterocycles. The zero-order valence-electron chi connectivity index (χ0n) is 11.3. The van der Waals surface area contributed by atoms with Crippen molar-refractivity contribution in [3.05, 3.63) is 0 Å². The zero-order chi connectivity index (χ0) is 12.6. The monoisotopic (exact) mass is 231 g/mol. The maximum absolute atomic E-state index is 9.15. The fourth-order valence-electron chi connectivity index (χ4n) is 1.52. The Morgan fingerprint density at radius 2 is 1.62 bits per heavy atom. The Balaban J connectivity index is 3.67. The first-order valence-electron chi connectivity index (χ1n) is 6.38. The summed E-state index contributed by atoms with van der Waals surface area (Å²) in [5.41, 5.74) is -0.397. The summed E-state index contributed by atoms with van der Waals surface area (Å²) in [5, 5.41) is 21.7. The van der Waals surface area contributed by atoms with Gasteiger partial charge in [0.25, 0.3) is 0 Å². The van der Waals surface area contributed by atoms with Gasteiger partial charge in [0.1, 0.15) is 0 Å². The minimum absolute atomic E-state index is 0.0230. The molecule has 0 aromatic carbocycles. The van der Waals surface area contributed by atoms with Gasteiger partial charge in [-0.25, -0.2) is 0 Å². The molecule has 98 valence electrons. The molecule has 0 rings (SSSR count). The van der Waals surface area contributed by atoms with Crippen molar-refractivity contribution in [2.45, 2.75) is 53.0 Å². The van der Waals surface area contributed by atoms with Crippen LogP contribution in [-0.4, -0.2) is 36.0 Å². The lowest BCUT2D eigenvalue weighted by Crippen LogP contribution is -2.41. The molecular weight excluding hydrogens is 202 g/mol. The van der Waals surface area contributed by atoms with E-state index < -0.39 is 5.41 Å². The van der Waals surface area contributed by atoms with E-state index in [1.54, 1.807) is 0 Å². The maximum Gasteiger partial charge on any atom is 0.0518 e.